The number of rotatable bonds is 6. The molecule has 0 aliphatic rings. The van der Waals surface area contributed by atoms with Gasteiger partial charge in [-0.1, -0.05) is 19.1 Å². The van der Waals surface area contributed by atoms with Gasteiger partial charge in [0.2, 0.25) is 0 Å². The first-order chi connectivity index (χ1) is 9.65. The fourth-order valence-electron chi connectivity index (χ4n) is 2.27. The number of hydrogen-bond acceptors (Lipinski definition) is 2. The molecular weight excluding hydrogens is 253 g/mol. The van der Waals surface area contributed by atoms with Gasteiger partial charge in [0, 0.05) is 18.3 Å². The molecule has 0 saturated carbocycles. The molecule has 0 aliphatic carbocycles. The minimum atomic E-state index is -0.160. The largest absolute Gasteiger partial charge is 0.306 e. The zero-order valence-corrected chi connectivity index (χ0v) is 12.4. The van der Waals surface area contributed by atoms with E-state index in [1.54, 1.807) is 6.92 Å². The molecule has 108 valence electrons. The Balaban J connectivity index is 2.32. The molecule has 3 nitrogen and oxygen atoms in total. The van der Waals surface area contributed by atoms with Crippen LogP contribution in [-0.2, 0) is 6.54 Å². The van der Waals surface area contributed by atoms with Crippen LogP contribution in [0.3, 0.4) is 0 Å². The van der Waals surface area contributed by atoms with Crippen LogP contribution in [0.2, 0.25) is 0 Å². The van der Waals surface area contributed by atoms with Crippen LogP contribution >= 0.6 is 0 Å². The van der Waals surface area contributed by atoms with E-state index in [1.165, 1.54) is 6.07 Å². The van der Waals surface area contributed by atoms with E-state index in [9.17, 15) is 4.39 Å². The lowest BCUT2D eigenvalue weighted by Crippen LogP contribution is -2.23. The molecule has 0 aliphatic heterocycles. The van der Waals surface area contributed by atoms with Gasteiger partial charge >= 0.3 is 0 Å². The number of aromatic nitrogens is 2. The van der Waals surface area contributed by atoms with Crippen molar-refractivity contribution in [3.05, 3.63) is 53.1 Å². The van der Waals surface area contributed by atoms with Crippen molar-refractivity contribution in [2.75, 3.05) is 6.54 Å². The Morgan fingerprint density at radius 1 is 1.30 bits per heavy atom. The zero-order valence-electron chi connectivity index (χ0n) is 12.4. The third-order valence-corrected chi connectivity index (χ3v) is 3.42. The molecule has 1 atom stereocenters. The Hall–Kier alpha value is -1.68. The second kappa shape index (κ2) is 6.66. The molecule has 1 heterocycles. The van der Waals surface area contributed by atoms with Gasteiger partial charge in [-0.2, -0.15) is 5.10 Å². The molecule has 2 rings (SSSR count). The van der Waals surface area contributed by atoms with Crippen molar-refractivity contribution in [1.82, 2.24) is 15.1 Å². The third kappa shape index (κ3) is 3.25. The lowest BCUT2D eigenvalue weighted by atomic mass is 9.99. The molecule has 0 saturated heterocycles. The van der Waals surface area contributed by atoms with E-state index in [2.05, 4.69) is 24.3 Å². The van der Waals surface area contributed by atoms with E-state index in [4.69, 9.17) is 0 Å². The lowest BCUT2D eigenvalue weighted by molar-refractivity contribution is 0.588. The maximum atomic E-state index is 13.4. The molecule has 2 aromatic rings. The number of hydrogen-bond donors (Lipinski definition) is 1. The molecule has 0 fully saturated rings. The Kier molecular flexibility index (Phi) is 4.90. The highest BCUT2D eigenvalue weighted by atomic mass is 19.1. The van der Waals surface area contributed by atoms with Crippen LogP contribution in [0.1, 0.15) is 43.0 Å². The molecule has 4 heteroatoms. The Morgan fingerprint density at radius 3 is 2.70 bits per heavy atom. The summed E-state index contributed by atoms with van der Waals surface area (Å²) < 4.78 is 15.3. The predicted molar refractivity (Wildman–Crippen MR) is 79.2 cm³/mol. The SMILES string of the molecule is CCCNC(c1ccc(F)c(C)c1)c1cnn(CC)c1. The second-order valence-electron chi connectivity index (χ2n) is 5.03. The molecule has 0 spiro atoms. The molecule has 1 unspecified atom stereocenters. The van der Waals surface area contributed by atoms with Crippen molar-refractivity contribution >= 4 is 0 Å². The van der Waals surface area contributed by atoms with Crippen LogP contribution in [0.4, 0.5) is 4.39 Å². The number of aryl methyl sites for hydroxylation is 2. The summed E-state index contributed by atoms with van der Waals surface area (Å²) in [5.74, 6) is -0.160. The number of nitrogens with zero attached hydrogens (tertiary/aromatic N) is 2. The van der Waals surface area contributed by atoms with E-state index in [0.29, 0.717) is 5.56 Å². The van der Waals surface area contributed by atoms with Crippen molar-refractivity contribution in [2.45, 2.75) is 39.8 Å². The fraction of sp³-hybridized carbons (Fsp3) is 0.438. The molecule has 1 aromatic heterocycles. The average Bonchev–Trinajstić information content (AvgIpc) is 2.92. The molecule has 1 aromatic carbocycles. The molecule has 20 heavy (non-hydrogen) atoms. The van der Waals surface area contributed by atoms with Gasteiger partial charge in [0.1, 0.15) is 5.82 Å². The van der Waals surface area contributed by atoms with Crippen molar-refractivity contribution in [3.63, 3.8) is 0 Å². The van der Waals surface area contributed by atoms with E-state index >= 15 is 0 Å². The predicted octanol–water partition coefficient (Wildman–Crippen LogP) is 3.44. The first kappa shape index (κ1) is 14.7. The van der Waals surface area contributed by atoms with Crippen LogP contribution in [0, 0.1) is 12.7 Å². The quantitative estimate of drug-likeness (QED) is 0.875. The van der Waals surface area contributed by atoms with Gasteiger partial charge in [0.25, 0.3) is 0 Å². The number of nitrogens with one attached hydrogen (secondary N) is 1. The van der Waals surface area contributed by atoms with Crippen LogP contribution in [0.15, 0.2) is 30.6 Å². The van der Waals surface area contributed by atoms with E-state index in [1.807, 2.05) is 29.2 Å². The fourth-order valence-corrected chi connectivity index (χ4v) is 2.27. The highest BCUT2D eigenvalue weighted by molar-refractivity contribution is 5.32. The standard InChI is InChI=1S/C16H22FN3/c1-4-8-18-16(14-10-19-20(5-2)11-14)13-6-7-15(17)12(3)9-13/h6-7,9-11,16,18H,4-5,8H2,1-3H3. The molecule has 0 amide bonds. The highest BCUT2D eigenvalue weighted by Gasteiger charge is 2.16. The summed E-state index contributed by atoms with van der Waals surface area (Å²) in [6, 6.07) is 5.36. The summed E-state index contributed by atoms with van der Waals surface area (Å²) >= 11 is 0. The van der Waals surface area contributed by atoms with Gasteiger partial charge in [-0.3, -0.25) is 4.68 Å². The van der Waals surface area contributed by atoms with E-state index in [0.717, 1.165) is 30.6 Å². The molecule has 1 N–H and O–H groups in total. The maximum absolute atomic E-state index is 13.4. The molecular formula is C16H22FN3. The normalized spacial score (nSPS) is 12.6. The second-order valence-corrected chi connectivity index (χ2v) is 5.03. The minimum Gasteiger partial charge on any atom is -0.306 e. The number of halogens is 1. The van der Waals surface area contributed by atoms with Crippen molar-refractivity contribution in [1.29, 1.82) is 0 Å². The summed E-state index contributed by atoms with van der Waals surface area (Å²) in [6.45, 7) is 7.76. The first-order valence-electron chi connectivity index (χ1n) is 7.17. The van der Waals surface area contributed by atoms with Crippen LogP contribution in [0.5, 0.6) is 0 Å². The van der Waals surface area contributed by atoms with Crippen molar-refractivity contribution in [2.24, 2.45) is 0 Å². The zero-order chi connectivity index (χ0) is 14.5. The maximum Gasteiger partial charge on any atom is 0.126 e. The Morgan fingerprint density at radius 2 is 2.10 bits per heavy atom. The van der Waals surface area contributed by atoms with Crippen LogP contribution in [-0.4, -0.2) is 16.3 Å². The van der Waals surface area contributed by atoms with Crippen molar-refractivity contribution in [3.8, 4) is 0 Å². The molecule has 0 radical (unpaired) electrons. The number of benzene rings is 1. The van der Waals surface area contributed by atoms with E-state index < -0.39 is 0 Å². The Labute approximate surface area is 119 Å². The smallest absolute Gasteiger partial charge is 0.126 e. The minimum absolute atomic E-state index is 0.0644. The van der Waals surface area contributed by atoms with Gasteiger partial charge < -0.3 is 5.32 Å². The first-order valence-corrected chi connectivity index (χ1v) is 7.17. The highest BCUT2D eigenvalue weighted by Crippen LogP contribution is 2.23. The summed E-state index contributed by atoms with van der Waals surface area (Å²) in [5, 5.41) is 7.84. The Bertz CT molecular complexity index is 563. The third-order valence-electron chi connectivity index (χ3n) is 3.42. The summed E-state index contributed by atoms with van der Waals surface area (Å²) in [7, 11) is 0. The van der Waals surface area contributed by atoms with Crippen LogP contribution < -0.4 is 5.32 Å². The molecule has 0 bridgehead atoms. The van der Waals surface area contributed by atoms with Crippen molar-refractivity contribution < 1.29 is 4.39 Å². The van der Waals surface area contributed by atoms with Crippen LogP contribution in [0.25, 0.3) is 0 Å². The van der Waals surface area contributed by atoms with Gasteiger partial charge in [-0.05, 0) is 44.0 Å². The van der Waals surface area contributed by atoms with Gasteiger partial charge in [0.15, 0.2) is 0 Å². The summed E-state index contributed by atoms with van der Waals surface area (Å²) in [4.78, 5) is 0. The average molecular weight is 275 g/mol. The van der Waals surface area contributed by atoms with Gasteiger partial charge in [-0.15, -0.1) is 0 Å². The van der Waals surface area contributed by atoms with Gasteiger partial charge in [0.05, 0.1) is 12.2 Å². The lowest BCUT2D eigenvalue weighted by Gasteiger charge is -2.18. The monoisotopic (exact) mass is 275 g/mol. The van der Waals surface area contributed by atoms with E-state index in [-0.39, 0.29) is 11.9 Å². The summed E-state index contributed by atoms with van der Waals surface area (Å²) in [5.41, 5.74) is 2.87. The topological polar surface area (TPSA) is 29.9 Å². The van der Waals surface area contributed by atoms with Gasteiger partial charge in [-0.25, -0.2) is 4.39 Å². The summed E-state index contributed by atoms with van der Waals surface area (Å²) in [6.07, 6.45) is 4.99.